The smallest absolute Gasteiger partial charge is 0.0476 e. The largest absolute Gasteiger partial charge is 0.550 e. The van der Waals surface area contributed by atoms with Crippen molar-refractivity contribution in [2.75, 3.05) is 0 Å². The Morgan fingerprint density at radius 3 is 1.72 bits per heavy atom. The van der Waals surface area contributed by atoms with Gasteiger partial charge in [0, 0.05) is 11.4 Å². The summed E-state index contributed by atoms with van der Waals surface area (Å²) in [5.74, 6) is -0.940. The van der Waals surface area contributed by atoms with Gasteiger partial charge in [0.05, 0.1) is 0 Å². The first-order chi connectivity index (χ1) is 11.3. The van der Waals surface area contributed by atoms with Crippen LogP contribution in [0, 0.1) is 10.8 Å². The zero-order chi connectivity index (χ0) is 18.5. The van der Waals surface area contributed by atoms with Gasteiger partial charge in [0.15, 0.2) is 0 Å². The van der Waals surface area contributed by atoms with Gasteiger partial charge in [-0.05, 0) is 37.5 Å². The molecule has 0 heterocycles. The van der Waals surface area contributed by atoms with Crippen LogP contribution in [0.3, 0.4) is 0 Å². The standard InChI is InChI=1S/C22H42O2.H3N/c1-6-7-8-9-10-11-12-13-14-15-16-17-18-19-21(2,3)22(4,5)20(23)24;/h13-14H,6-12,15-19H2,1-5H3,(H,23,24);1H3/b14-13-;. The van der Waals surface area contributed by atoms with Crippen LogP contribution >= 0.6 is 0 Å². The van der Waals surface area contributed by atoms with Crippen molar-refractivity contribution >= 4 is 5.97 Å². The molecule has 4 N–H and O–H groups in total. The summed E-state index contributed by atoms with van der Waals surface area (Å²) < 4.78 is 0. The van der Waals surface area contributed by atoms with Gasteiger partial charge in [-0.15, -0.1) is 0 Å². The van der Waals surface area contributed by atoms with E-state index in [0.29, 0.717) is 0 Å². The second-order valence-corrected chi connectivity index (χ2v) is 8.42. The molecule has 0 aromatic heterocycles. The molecular weight excluding hydrogens is 310 g/mol. The van der Waals surface area contributed by atoms with Crippen LogP contribution < -0.4 is 11.3 Å². The van der Waals surface area contributed by atoms with Crippen molar-refractivity contribution in [1.29, 1.82) is 0 Å². The highest BCUT2D eigenvalue weighted by atomic mass is 16.4. The Balaban J connectivity index is 0. The number of carboxylic acid groups (broad SMARTS) is 1. The fraction of sp³-hybridized carbons (Fsp3) is 0.864. The number of aliphatic carboxylic acids is 1. The van der Waals surface area contributed by atoms with E-state index in [1.54, 1.807) is 13.8 Å². The summed E-state index contributed by atoms with van der Waals surface area (Å²) in [5, 5.41) is 11.3. The molecule has 0 fully saturated rings. The first kappa shape index (κ1) is 26.4. The number of quaternary nitrogens is 1. The van der Waals surface area contributed by atoms with E-state index in [1.165, 1.54) is 57.8 Å². The van der Waals surface area contributed by atoms with Gasteiger partial charge in [-0.3, -0.25) is 0 Å². The van der Waals surface area contributed by atoms with E-state index in [1.807, 2.05) is 13.8 Å². The Labute approximate surface area is 157 Å². The lowest BCUT2D eigenvalue weighted by atomic mass is 9.65. The second kappa shape index (κ2) is 14.4. The molecule has 0 atom stereocenters. The summed E-state index contributed by atoms with van der Waals surface area (Å²) in [6.45, 7) is 9.92. The Bertz CT molecular complexity index is 359. The molecule has 25 heavy (non-hydrogen) atoms. The summed E-state index contributed by atoms with van der Waals surface area (Å²) in [6, 6.07) is 0. The number of carbonyl (C=O) groups excluding carboxylic acids is 1. The molecule has 0 aliphatic heterocycles. The van der Waals surface area contributed by atoms with E-state index < -0.39 is 11.4 Å². The summed E-state index contributed by atoms with van der Waals surface area (Å²) in [4.78, 5) is 11.3. The molecule has 0 radical (unpaired) electrons. The maximum Gasteiger partial charge on any atom is 0.0476 e. The summed E-state index contributed by atoms with van der Waals surface area (Å²) in [5.41, 5.74) is -0.997. The number of carboxylic acids is 1. The minimum Gasteiger partial charge on any atom is -0.550 e. The predicted octanol–water partition coefficient (Wildman–Crippen LogP) is 6.42. The molecule has 0 saturated carbocycles. The Hall–Kier alpha value is -0.830. The van der Waals surface area contributed by atoms with Crippen molar-refractivity contribution in [2.45, 2.75) is 112 Å². The maximum atomic E-state index is 11.3. The van der Waals surface area contributed by atoms with Crippen LogP contribution in [0.15, 0.2) is 12.2 Å². The second-order valence-electron chi connectivity index (χ2n) is 8.42. The summed E-state index contributed by atoms with van der Waals surface area (Å²) >= 11 is 0. The lowest BCUT2D eigenvalue weighted by molar-refractivity contribution is -0.323. The van der Waals surface area contributed by atoms with Crippen molar-refractivity contribution in [1.82, 2.24) is 6.15 Å². The normalized spacial score (nSPS) is 12.4. The van der Waals surface area contributed by atoms with Gasteiger partial charge >= 0.3 is 0 Å². The van der Waals surface area contributed by atoms with Gasteiger partial charge in [-0.2, -0.15) is 0 Å². The fourth-order valence-corrected chi connectivity index (χ4v) is 2.87. The van der Waals surface area contributed by atoms with E-state index >= 15 is 0 Å². The minimum absolute atomic E-state index is 0. The maximum absolute atomic E-state index is 11.3. The van der Waals surface area contributed by atoms with Gasteiger partial charge in [0.1, 0.15) is 0 Å². The van der Waals surface area contributed by atoms with Gasteiger partial charge in [-0.25, -0.2) is 0 Å². The zero-order valence-electron chi connectivity index (χ0n) is 18.0. The van der Waals surface area contributed by atoms with Crippen LogP contribution in [0.1, 0.15) is 112 Å². The Kier molecular flexibility index (Phi) is 15.2. The molecule has 0 rings (SSSR count). The van der Waals surface area contributed by atoms with Gasteiger partial charge < -0.3 is 16.1 Å². The van der Waals surface area contributed by atoms with Crippen LogP contribution in [0.4, 0.5) is 0 Å². The van der Waals surface area contributed by atoms with E-state index in [0.717, 1.165) is 19.3 Å². The molecule has 0 unspecified atom stereocenters. The lowest BCUT2D eigenvalue weighted by Gasteiger charge is -2.42. The van der Waals surface area contributed by atoms with Crippen molar-refractivity contribution in [3.8, 4) is 0 Å². The molecule has 150 valence electrons. The first-order valence-corrected chi connectivity index (χ1v) is 10.1. The highest BCUT2D eigenvalue weighted by Gasteiger charge is 2.37. The third-order valence-electron chi connectivity index (χ3n) is 5.77. The molecule has 0 aliphatic rings. The minimum atomic E-state index is -0.940. The number of rotatable bonds is 15. The molecule has 3 heteroatoms. The number of allylic oxidation sites excluding steroid dienone is 2. The van der Waals surface area contributed by atoms with Crippen molar-refractivity contribution < 1.29 is 9.90 Å². The zero-order valence-corrected chi connectivity index (χ0v) is 18.0. The van der Waals surface area contributed by atoms with Crippen molar-refractivity contribution in [3.05, 3.63) is 12.2 Å². The van der Waals surface area contributed by atoms with Crippen LogP contribution in [0.2, 0.25) is 0 Å². The average molecular weight is 356 g/mol. The van der Waals surface area contributed by atoms with Gasteiger partial charge in [0.25, 0.3) is 0 Å². The predicted molar refractivity (Wildman–Crippen MR) is 109 cm³/mol. The topological polar surface area (TPSA) is 76.6 Å². The summed E-state index contributed by atoms with van der Waals surface area (Å²) in [7, 11) is 0. The van der Waals surface area contributed by atoms with Crippen LogP contribution in [-0.4, -0.2) is 5.97 Å². The fourth-order valence-electron chi connectivity index (χ4n) is 2.87. The summed E-state index contributed by atoms with van der Waals surface area (Å²) in [6.07, 6.45) is 19.6. The highest BCUT2D eigenvalue weighted by molar-refractivity contribution is 5.72. The van der Waals surface area contributed by atoms with Crippen LogP contribution in [0.5, 0.6) is 0 Å². The van der Waals surface area contributed by atoms with Crippen LogP contribution in [-0.2, 0) is 4.79 Å². The van der Waals surface area contributed by atoms with E-state index in [-0.39, 0.29) is 11.6 Å². The number of carbonyl (C=O) groups is 1. The molecule has 0 spiro atoms. The van der Waals surface area contributed by atoms with E-state index in [9.17, 15) is 9.90 Å². The molecule has 0 aliphatic carbocycles. The van der Waals surface area contributed by atoms with Gasteiger partial charge in [-0.1, -0.05) is 91.7 Å². The average Bonchev–Trinajstić information content (AvgIpc) is 2.51. The highest BCUT2D eigenvalue weighted by Crippen LogP contribution is 2.42. The number of hydrogen-bond donors (Lipinski definition) is 1. The molecule has 0 aromatic carbocycles. The molecule has 3 nitrogen and oxygen atoms in total. The molecular formula is C22H45NO2. The first-order valence-electron chi connectivity index (χ1n) is 10.1. The number of hydrogen-bond acceptors (Lipinski definition) is 2. The quantitative estimate of drug-likeness (QED) is 0.272. The van der Waals surface area contributed by atoms with E-state index in [2.05, 4.69) is 19.1 Å². The van der Waals surface area contributed by atoms with Crippen molar-refractivity contribution in [2.24, 2.45) is 10.8 Å². The Morgan fingerprint density at radius 1 is 0.800 bits per heavy atom. The monoisotopic (exact) mass is 355 g/mol. The third kappa shape index (κ3) is 11.4. The number of unbranched alkanes of at least 4 members (excludes halogenated alkanes) is 9. The lowest BCUT2D eigenvalue weighted by Crippen LogP contribution is -2.47. The molecule has 0 bridgehead atoms. The van der Waals surface area contributed by atoms with E-state index in [4.69, 9.17) is 0 Å². The SMILES string of the molecule is CCCCCCCC/C=C\CCCCCC(C)(C)C(C)(C)C(=O)[O-].[NH4+]. The van der Waals surface area contributed by atoms with Crippen LogP contribution in [0.25, 0.3) is 0 Å². The Morgan fingerprint density at radius 2 is 1.24 bits per heavy atom. The molecule has 0 aromatic rings. The van der Waals surface area contributed by atoms with Gasteiger partial charge in [0.2, 0.25) is 0 Å². The van der Waals surface area contributed by atoms with Crippen molar-refractivity contribution in [3.63, 3.8) is 0 Å². The molecule has 0 amide bonds. The molecule has 0 saturated heterocycles. The third-order valence-corrected chi connectivity index (χ3v) is 5.77.